The number of H-pyrrole nitrogens is 1. The average molecular weight is 418 g/mol. The summed E-state index contributed by atoms with van der Waals surface area (Å²) < 4.78 is 34.8. The summed E-state index contributed by atoms with van der Waals surface area (Å²) in [4.78, 5) is 16.9. The number of ether oxygens (including phenoxy) is 1. The normalized spacial score (nSPS) is 24.4. The highest BCUT2D eigenvalue weighted by Crippen LogP contribution is 2.45. The Balaban J connectivity index is 1.54. The molecule has 4 rings (SSSR count). The number of hydrogen-bond acceptors (Lipinski definition) is 4. The van der Waals surface area contributed by atoms with E-state index in [9.17, 15) is 13.6 Å². The lowest BCUT2D eigenvalue weighted by molar-refractivity contribution is -0.170. The van der Waals surface area contributed by atoms with E-state index in [2.05, 4.69) is 10.2 Å². The quantitative estimate of drug-likeness (QED) is 0.809. The number of hydrogen-bond donors (Lipinski definition) is 1. The minimum absolute atomic E-state index is 0.162. The van der Waals surface area contributed by atoms with Gasteiger partial charge in [-0.05, 0) is 37.5 Å². The Morgan fingerprint density at radius 3 is 2.83 bits per heavy atom. The van der Waals surface area contributed by atoms with E-state index >= 15 is 0 Å². The molecule has 2 fully saturated rings. The van der Waals surface area contributed by atoms with E-state index in [1.165, 1.54) is 0 Å². The summed E-state index contributed by atoms with van der Waals surface area (Å²) in [5.74, 6) is -2.34. The zero-order valence-corrected chi connectivity index (χ0v) is 17.5. The molecule has 2 aromatic rings. The van der Waals surface area contributed by atoms with Crippen molar-refractivity contribution in [3.05, 3.63) is 47.3 Å². The lowest BCUT2D eigenvalue weighted by Gasteiger charge is -2.49. The number of rotatable bonds is 5. The minimum atomic E-state index is -2.90. The molecule has 1 aromatic carbocycles. The zero-order valence-electron chi connectivity index (χ0n) is 17.5. The molecule has 1 atom stereocenters. The molecule has 0 aliphatic carbocycles. The maximum Gasteiger partial charge on any atom is 0.261 e. The molecule has 162 valence electrons. The van der Waals surface area contributed by atoms with E-state index in [0.717, 1.165) is 29.0 Å². The number of methoxy groups -OCH3 is 1. The highest BCUT2D eigenvalue weighted by molar-refractivity contribution is 5.84. The molecule has 3 heterocycles. The Morgan fingerprint density at radius 1 is 1.27 bits per heavy atom. The highest BCUT2D eigenvalue weighted by Gasteiger charge is 2.55. The first-order valence-corrected chi connectivity index (χ1v) is 10.3. The maximum atomic E-state index is 14.8. The van der Waals surface area contributed by atoms with Crippen LogP contribution < -0.4 is 4.74 Å². The number of halogens is 2. The predicted octanol–water partition coefficient (Wildman–Crippen LogP) is 3.38. The van der Waals surface area contributed by atoms with Crippen LogP contribution in [0.4, 0.5) is 8.78 Å². The first-order valence-electron chi connectivity index (χ1n) is 10.3. The van der Waals surface area contributed by atoms with Gasteiger partial charge in [0.2, 0.25) is 5.91 Å². The number of aromatic nitrogens is 2. The summed E-state index contributed by atoms with van der Waals surface area (Å²) in [6.07, 6.45) is 2.52. The van der Waals surface area contributed by atoms with Crippen LogP contribution >= 0.6 is 0 Å². The Bertz CT molecular complexity index is 916. The largest absolute Gasteiger partial charge is 0.497 e. The molecule has 1 aromatic heterocycles. The second-order valence-electron chi connectivity index (χ2n) is 8.66. The summed E-state index contributed by atoms with van der Waals surface area (Å²) in [5, 5.41) is 6.84. The molecule has 8 heteroatoms. The van der Waals surface area contributed by atoms with Crippen LogP contribution in [-0.2, 0) is 17.9 Å². The third-order valence-corrected chi connectivity index (χ3v) is 6.24. The topological polar surface area (TPSA) is 61.5 Å². The van der Waals surface area contributed by atoms with Crippen LogP contribution in [0.5, 0.6) is 5.75 Å². The van der Waals surface area contributed by atoms with Gasteiger partial charge < -0.3 is 9.64 Å². The molecule has 1 spiro atoms. The summed E-state index contributed by atoms with van der Waals surface area (Å²) in [5.41, 5.74) is 1.65. The third-order valence-electron chi connectivity index (χ3n) is 6.24. The fourth-order valence-electron chi connectivity index (χ4n) is 4.91. The monoisotopic (exact) mass is 418 g/mol. The average Bonchev–Trinajstić information content (AvgIpc) is 3.09. The van der Waals surface area contributed by atoms with E-state index in [-0.39, 0.29) is 18.9 Å². The van der Waals surface area contributed by atoms with Crippen molar-refractivity contribution in [3.8, 4) is 5.75 Å². The number of aromatic amines is 1. The van der Waals surface area contributed by atoms with Crippen LogP contribution in [0.2, 0.25) is 0 Å². The first kappa shape index (κ1) is 20.8. The fraction of sp³-hybridized carbons (Fsp3) is 0.545. The third kappa shape index (κ3) is 4.19. The van der Waals surface area contributed by atoms with Crippen molar-refractivity contribution in [2.75, 3.05) is 26.7 Å². The SMILES string of the molecule is COc1cccc(CN2CCC[C@]3(CN(Cc4cn[nH]c4C)CC(F)(F)C3)C2=O)c1. The number of piperidine rings is 2. The zero-order chi connectivity index (χ0) is 21.4. The number of alkyl halides is 2. The number of carbonyl (C=O) groups excluding carboxylic acids is 1. The lowest BCUT2D eigenvalue weighted by atomic mass is 9.71. The van der Waals surface area contributed by atoms with Crippen molar-refractivity contribution >= 4 is 5.91 Å². The number of aryl methyl sites for hydroxylation is 1. The number of carbonyl (C=O) groups is 1. The molecule has 0 saturated carbocycles. The molecule has 0 bridgehead atoms. The Labute approximate surface area is 175 Å². The number of nitrogens with zero attached hydrogens (tertiary/aromatic N) is 3. The van der Waals surface area contributed by atoms with Gasteiger partial charge in [-0.1, -0.05) is 12.1 Å². The molecule has 0 radical (unpaired) electrons. The number of amides is 1. The highest BCUT2D eigenvalue weighted by atomic mass is 19.3. The van der Waals surface area contributed by atoms with E-state index in [4.69, 9.17) is 4.74 Å². The van der Waals surface area contributed by atoms with Crippen molar-refractivity contribution in [3.63, 3.8) is 0 Å². The molecule has 2 aliphatic heterocycles. The smallest absolute Gasteiger partial charge is 0.261 e. The summed E-state index contributed by atoms with van der Waals surface area (Å²) in [6.45, 7) is 3.25. The Hall–Kier alpha value is -2.48. The van der Waals surface area contributed by atoms with Gasteiger partial charge in [0, 0.05) is 43.9 Å². The van der Waals surface area contributed by atoms with E-state index in [1.807, 2.05) is 31.2 Å². The minimum Gasteiger partial charge on any atom is -0.497 e. The fourth-order valence-corrected chi connectivity index (χ4v) is 4.91. The summed E-state index contributed by atoms with van der Waals surface area (Å²) in [7, 11) is 1.60. The summed E-state index contributed by atoms with van der Waals surface area (Å²) in [6, 6.07) is 7.54. The molecule has 2 aliphatic rings. The van der Waals surface area contributed by atoms with Crippen LogP contribution in [0.25, 0.3) is 0 Å². The number of benzene rings is 1. The molecular weight excluding hydrogens is 390 g/mol. The second-order valence-corrected chi connectivity index (χ2v) is 8.66. The van der Waals surface area contributed by atoms with Gasteiger partial charge in [-0.2, -0.15) is 5.10 Å². The van der Waals surface area contributed by atoms with Crippen LogP contribution in [0.15, 0.2) is 30.5 Å². The van der Waals surface area contributed by atoms with Gasteiger partial charge in [0.1, 0.15) is 5.75 Å². The van der Waals surface area contributed by atoms with Crippen molar-refractivity contribution in [1.29, 1.82) is 0 Å². The van der Waals surface area contributed by atoms with Crippen LogP contribution in [0.1, 0.15) is 36.1 Å². The van der Waals surface area contributed by atoms with E-state index < -0.39 is 11.3 Å². The molecule has 0 unspecified atom stereocenters. The number of nitrogens with one attached hydrogen (secondary N) is 1. The van der Waals surface area contributed by atoms with Crippen molar-refractivity contribution in [1.82, 2.24) is 20.0 Å². The molecule has 1 amide bonds. The Kier molecular flexibility index (Phi) is 5.53. The van der Waals surface area contributed by atoms with Gasteiger partial charge in [0.25, 0.3) is 5.92 Å². The molecular formula is C22H28F2N4O2. The lowest BCUT2D eigenvalue weighted by Crippen LogP contribution is -2.60. The van der Waals surface area contributed by atoms with Gasteiger partial charge in [-0.3, -0.25) is 14.8 Å². The van der Waals surface area contributed by atoms with Gasteiger partial charge in [0.15, 0.2) is 0 Å². The predicted molar refractivity (Wildman–Crippen MR) is 108 cm³/mol. The Morgan fingerprint density at radius 2 is 2.10 bits per heavy atom. The number of likely N-dealkylation sites (tertiary alicyclic amines) is 2. The molecule has 6 nitrogen and oxygen atoms in total. The van der Waals surface area contributed by atoms with E-state index in [0.29, 0.717) is 32.6 Å². The molecule has 2 saturated heterocycles. The van der Waals surface area contributed by atoms with Crippen molar-refractivity contribution in [2.24, 2.45) is 5.41 Å². The standard InChI is InChI=1S/C22H28F2N4O2/c1-16-18(10-25-26-16)12-27-14-21(13-22(23,24)15-27)7-4-8-28(20(21)29)11-17-5-3-6-19(9-17)30-2/h3,5-6,9-10H,4,7-8,11-15H2,1-2H3,(H,25,26)/t21-/m0/s1. The van der Waals surface area contributed by atoms with Gasteiger partial charge in [-0.15, -0.1) is 0 Å². The first-order chi connectivity index (χ1) is 14.3. The van der Waals surface area contributed by atoms with E-state index in [1.54, 1.807) is 23.1 Å². The molecule has 30 heavy (non-hydrogen) atoms. The van der Waals surface area contributed by atoms with Crippen LogP contribution in [-0.4, -0.2) is 58.6 Å². The van der Waals surface area contributed by atoms with Gasteiger partial charge >= 0.3 is 0 Å². The van der Waals surface area contributed by atoms with Gasteiger partial charge in [-0.25, -0.2) is 8.78 Å². The summed E-state index contributed by atoms with van der Waals surface area (Å²) >= 11 is 0. The van der Waals surface area contributed by atoms with Gasteiger partial charge in [0.05, 0.1) is 25.3 Å². The molecule has 1 N–H and O–H groups in total. The van der Waals surface area contributed by atoms with Crippen molar-refractivity contribution < 1.29 is 18.3 Å². The van der Waals surface area contributed by atoms with Crippen molar-refractivity contribution in [2.45, 2.75) is 45.2 Å². The van der Waals surface area contributed by atoms with Crippen LogP contribution in [0, 0.1) is 12.3 Å². The van der Waals surface area contributed by atoms with Crippen LogP contribution in [0.3, 0.4) is 0 Å². The maximum absolute atomic E-state index is 14.8. The second kappa shape index (κ2) is 7.98.